The molecule has 0 heterocycles. The Hall–Kier alpha value is 0.0423. The van der Waals surface area contributed by atoms with Gasteiger partial charge < -0.3 is 19.8 Å². The number of carbonyl (C=O) groups is 2. The van der Waals surface area contributed by atoms with Crippen LogP contribution < -0.4 is 10.2 Å². The monoisotopic (exact) mass is 808 g/mol. The molecule has 0 aromatic rings. The fourth-order valence-electron chi connectivity index (χ4n) is 9.00. The first-order chi connectivity index (χ1) is 21.8. The molecule has 0 aliphatic heterocycles. The second-order valence-electron chi connectivity index (χ2n) is 14.1. The predicted octanol–water partition coefficient (Wildman–Crippen LogP) is 9.19. The first kappa shape index (κ1) is 43.2. The molecule has 0 aromatic carbocycles. The van der Waals surface area contributed by atoms with Crippen LogP contribution in [0.4, 0.5) is 26.3 Å². The summed E-state index contributed by atoms with van der Waals surface area (Å²) in [5, 5.41) is 17.6. The van der Waals surface area contributed by atoms with Crippen LogP contribution in [-0.2, 0) is 30.0 Å². The maximum atomic E-state index is 10.5. The number of halogens is 6. The first-order valence-corrected chi connectivity index (χ1v) is 21.0. The normalized spacial score (nSPS) is 23.7. The summed E-state index contributed by atoms with van der Waals surface area (Å²) in [5.41, 5.74) is 7.26. The van der Waals surface area contributed by atoms with Crippen LogP contribution >= 0.6 is 15.8 Å². The van der Waals surface area contributed by atoms with E-state index in [2.05, 4.69) is 0 Å². The number of carboxylic acid groups (broad SMARTS) is 2. The largest absolute Gasteiger partial charge is 2.00 e. The fourth-order valence-corrected chi connectivity index (χ4v) is 18.3. The zero-order chi connectivity index (χ0) is 33.7. The molecule has 6 aliphatic carbocycles. The summed E-state index contributed by atoms with van der Waals surface area (Å²) >= 11 is 0. The number of alkyl halides is 6. The van der Waals surface area contributed by atoms with Gasteiger partial charge in [0.2, 0.25) is 0 Å². The maximum absolute atomic E-state index is 10.5. The van der Waals surface area contributed by atoms with Crippen LogP contribution in [0.25, 0.3) is 0 Å². The minimum atomic E-state index is -5.19. The van der Waals surface area contributed by atoms with Gasteiger partial charge >= 0.3 is 32.8 Å². The smallest absolute Gasteiger partial charge is 0.542 e. The molecule has 0 amide bonds. The molecule has 0 aromatic heterocycles. The molecule has 0 N–H and O–H groups in total. The molecule has 0 radical (unpaired) electrons. The summed E-state index contributed by atoms with van der Waals surface area (Å²) < 4.78 is 63.1. The number of hydrogen-bond acceptors (Lipinski definition) is 4. The Labute approximate surface area is 293 Å². The third-order valence-electron chi connectivity index (χ3n) is 10.9. The molecule has 47 heavy (non-hydrogen) atoms. The van der Waals surface area contributed by atoms with Crippen LogP contribution in [0.1, 0.15) is 154 Å². The summed E-state index contributed by atoms with van der Waals surface area (Å²) in [6, 6.07) is 0. The van der Waals surface area contributed by atoms with E-state index in [1.54, 1.807) is 154 Å². The predicted molar refractivity (Wildman–Crippen MR) is 169 cm³/mol. The molecule has 6 saturated carbocycles. The summed E-state index contributed by atoms with van der Waals surface area (Å²) in [6.07, 6.45) is 27.6. The van der Waals surface area contributed by atoms with E-state index in [9.17, 15) is 26.3 Å². The number of hydrogen-bond donors (Lipinski definition) is 0. The van der Waals surface area contributed by atoms with Gasteiger partial charge in [0.15, 0.2) is 0 Å². The van der Waals surface area contributed by atoms with Crippen LogP contribution in [0, 0.1) is 0 Å². The molecular weight excluding hydrogens is 755 g/mol. The number of carboxylic acids is 2. The summed E-state index contributed by atoms with van der Waals surface area (Å²) in [7, 11) is 0.872. The fraction of sp³-hybridized carbons (Fsp3) is 0.941. The molecule has 0 saturated heterocycles. The van der Waals surface area contributed by atoms with Crippen molar-refractivity contribution in [2.75, 3.05) is 0 Å². The van der Waals surface area contributed by atoms with Crippen molar-refractivity contribution >= 4 is 27.8 Å². The number of carbonyl (C=O) groups excluding carboxylic acids is 2. The molecule has 276 valence electrons. The molecule has 0 bridgehead atoms. The first-order valence-electron chi connectivity index (χ1n) is 17.9. The van der Waals surface area contributed by atoms with Crippen LogP contribution in [-0.4, -0.2) is 58.2 Å². The topological polar surface area (TPSA) is 80.3 Å². The zero-order valence-electron chi connectivity index (χ0n) is 27.5. The van der Waals surface area contributed by atoms with Crippen molar-refractivity contribution in [1.82, 2.24) is 0 Å². The van der Waals surface area contributed by atoms with E-state index in [0.717, 1.165) is 0 Å². The Kier molecular flexibility index (Phi) is 19.7. The molecule has 13 heteroatoms. The Morgan fingerprint density at radius 3 is 0.574 bits per heavy atom. The molecule has 0 unspecified atom stereocenters. The zero-order valence-corrected chi connectivity index (χ0v) is 30.9. The Balaban J connectivity index is 0.000000234. The van der Waals surface area contributed by atoms with Gasteiger partial charge in [0.05, 0.1) is 0 Å². The van der Waals surface area contributed by atoms with E-state index in [4.69, 9.17) is 19.8 Å². The molecule has 6 aliphatic rings. The van der Waals surface area contributed by atoms with Gasteiger partial charge in [-0.15, -0.1) is 0 Å². The van der Waals surface area contributed by atoms with Gasteiger partial charge in [0.25, 0.3) is 0 Å². The molecule has 6 fully saturated rings. The van der Waals surface area contributed by atoms with Crippen molar-refractivity contribution in [3.8, 4) is 0 Å². The van der Waals surface area contributed by atoms with Crippen LogP contribution in [0.15, 0.2) is 0 Å². The third-order valence-corrected chi connectivity index (χ3v) is 19.1. The van der Waals surface area contributed by atoms with E-state index < -0.39 is 24.3 Å². The number of aliphatic carboxylic acids is 2. The van der Waals surface area contributed by atoms with E-state index >= 15 is 0 Å². The van der Waals surface area contributed by atoms with Crippen LogP contribution in [0.3, 0.4) is 0 Å². The van der Waals surface area contributed by atoms with Gasteiger partial charge in [-0.05, 0) is 111 Å². The van der Waals surface area contributed by atoms with Crippen LogP contribution in [0.5, 0.6) is 0 Å². The van der Waals surface area contributed by atoms with Gasteiger partial charge in [0, 0.05) is 0 Å². The Morgan fingerprint density at radius 1 is 0.383 bits per heavy atom. The van der Waals surface area contributed by atoms with E-state index in [-0.39, 0.29) is 20.4 Å². The minimum Gasteiger partial charge on any atom is -0.542 e. The molecule has 4 nitrogen and oxygen atoms in total. The average molecular weight is 809 g/mol. The van der Waals surface area contributed by atoms with Crippen molar-refractivity contribution in [3.05, 3.63) is 0 Å². The van der Waals surface area contributed by atoms with Gasteiger partial charge in [0.1, 0.15) is 11.9 Å². The standard InChI is InChI=1S/2C15H27P.2C2HF3O2.Pd/c2*1-2-8-13(7-1)16(14-9-3-4-10-14)15-11-5-6-12-15;2*3-2(4,5)1(6)7;/h2*13-15H,1-12H2;2*(H,6,7);/q;;;;+2/p-2. The summed E-state index contributed by atoms with van der Waals surface area (Å²) in [4.78, 5) is 17.6. The second kappa shape index (κ2) is 21.4. The minimum absolute atomic E-state index is 0. The Morgan fingerprint density at radius 2 is 0.489 bits per heavy atom. The van der Waals surface area contributed by atoms with Gasteiger partial charge in [-0.3, -0.25) is 0 Å². The SMILES string of the molecule is C1CCC(P(C2CCCC2)C2CCCC2)C1.C1CCC(P(C2CCCC2)C2CCCC2)C1.O=C([O-])C(F)(F)F.O=C([O-])C(F)(F)F.[Pd+2]. The van der Waals surface area contributed by atoms with E-state index in [1.807, 2.05) is 0 Å². The van der Waals surface area contributed by atoms with Crippen molar-refractivity contribution in [3.63, 3.8) is 0 Å². The van der Waals surface area contributed by atoms with Gasteiger partial charge in [-0.2, -0.15) is 26.3 Å². The third kappa shape index (κ3) is 14.7. The summed E-state index contributed by atoms with van der Waals surface area (Å²) in [5.74, 6) is -6.01. The quantitative estimate of drug-likeness (QED) is 0.152. The van der Waals surface area contributed by atoms with Crippen molar-refractivity contribution in [2.45, 2.75) is 200 Å². The van der Waals surface area contributed by atoms with E-state index in [1.165, 1.54) is 34.0 Å². The Bertz CT molecular complexity index is 740. The molecule has 0 atom stereocenters. The molecule has 6 rings (SSSR count). The average Bonchev–Trinajstić information content (AvgIpc) is 3.85. The molecule has 0 spiro atoms. The summed E-state index contributed by atoms with van der Waals surface area (Å²) in [6.45, 7) is 0. The number of rotatable bonds is 6. The van der Waals surface area contributed by atoms with Crippen LogP contribution in [0.2, 0.25) is 0 Å². The van der Waals surface area contributed by atoms with Gasteiger partial charge in [-0.25, -0.2) is 0 Å². The van der Waals surface area contributed by atoms with Crippen molar-refractivity contribution in [1.29, 1.82) is 0 Å². The van der Waals surface area contributed by atoms with Gasteiger partial charge in [-0.1, -0.05) is 92.9 Å². The second-order valence-corrected chi connectivity index (χ2v) is 20.3. The molecular formula is C34H54F6O4P2Pd. The van der Waals surface area contributed by atoms with Crippen molar-refractivity contribution in [2.24, 2.45) is 0 Å². The van der Waals surface area contributed by atoms with Crippen molar-refractivity contribution < 1.29 is 66.6 Å². The maximum Gasteiger partial charge on any atom is 2.00 e. The van der Waals surface area contributed by atoms with E-state index in [0.29, 0.717) is 15.8 Å².